The van der Waals surface area contributed by atoms with Crippen molar-refractivity contribution in [3.63, 3.8) is 0 Å². The number of rotatable bonds is 9. The van der Waals surface area contributed by atoms with Gasteiger partial charge in [0.1, 0.15) is 12.1 Å². The lowest BCUT2D eigenvalue weighted by Crippen LogP contribution is -2.48. The van der Waals surface area contributed by atoms with E-state index in [1.54, 1.807) is 12.1 Å². The highest BCUT2D eigenvalue weighted by molar-refractivity contribution is 7.89. The molecule has 1 saturated heterocycles. The van der Waals surface area contributed by atoms with Gasteiger partial charge >= 0.3 is 0 Å². The van der Waals surface area contributed by atoms with Gasteiger partial charge in [-0.3, -0.25) is 14.5 Å². The summed E-state index contributed by atoms with van der Waals surface area (Å²) in [5.41, 5.74) is 2.42. The lowest BCUT2D eigenvalue weighted by atomic mass is 9.95. The molecule has 4 aromatic rings. The van der Waals surface area contributed by atoms with Crippen LogP contribution in [0.25, 0.3) is 11.0 Å². The standard InChI is InChI=1S/C32H39N7O4S/c1-36-20-10-15-29(36)31(32(41)33-24-11-4-2-5-12-24)39(30(40)23-38-28-14-7-6-13-27(28)34-35-38)25-16-18-26(19-17-25)44(42,43)37-21-8-3-9-22-37/h6-7,10,13-20,24,31H,2-5,8-9,11-12,21-23H2,1H3,(H,33,41). The van der Waals surface area contributed by atoms with E-state index in [2.05, 4.69) is 15.6 Å². The molecule has 0 bridgehead atoms. The second kappa shape index (κ2) is 12.9. The Morgan fingerprint density at radius 2 is 1.64 bits per heavy atom. The van der Waals surface area contributed by atoms with E-state index in [0.29, 0.717) is 35.5 Å². The van der Waals surface area contributed by atoms with Crippen molar-refractivity contribution in [3.8, 4) is 0 Å². The van der Waals surface area contributed by atoms with Crippen molar-refractivity contribution in [2.24, 2.45) is 7.05 Å². The van der Waals surface area contributed by atoms with Gasteiger partial charge in [0, 0.05) is 38.1 Å². The maximum Gasteiger partial charge on any atom is 0.249 e. The minimum Gasteiger partial charge on any atom is -0.352 e. The number of sulfonamides is 1. The molecule has 12 heteroatoms. The van der Waals surface area contributed by atoms with Gasteiger partial charge in [0.15, 0.2) is 6.04 Å². The van der Waals surface area contributed by atoms with E-state index >= 15 is 0 Å². The minimum atomic E-state index is -3.67. The first-order chi connectivity index (χ1) is 21.3. The lowest BCUT2D eigenvalue weighted by molar-refractivity contribution is -0.127. The summed E-state index contributed by atoms with van der Waals surface area (Å²) in [5, 5.41) is 11.6. The van der Waals surface area contributed by atoms with Crippen molar-refractivity contribution in [3.05, 3.63) is 72.6 Å². The number of anilines is 1. The molecule has 2 amide bonds. The van der Waals surface area contributed by atoms with Crippen molar-refractivity contribution in [1.82, 2.24) is 29.2 Å². The van der Waals surface area contributed by atoms with Gasteiger partial charge in [-0.2, -0.15) is 4.31 Å². The number of para-hydroxylation sites is 1. The van der Waals surface area contributed by atoms with E-state index in [4.69, 9.17) is 0 Å². The van der Waals surface area contributed by atoms with Crippen LogP contribution in [-0.2, 0) is 33.2 Å². The molecular weight excluding hydrogens is 578 g/mol. The third kappa shape index (κ3) is 6.14. The van der Waals surface area contributed by atoms with Gasteiger partial charge in [0.2, 0.25) is 21.8 Å². The van der Waals surface area contributed by atoms with Crippen LogP contribution in [0.5, 0.6) is 0 Å². The second-order valence-electron chi connectivity index (χ2n) is 11.7. The molecule has 2 aliphatic rings. The Morgan fingerprint density at radius 3 is 2.34 bits per heavy atom. The van der Waals surface area contributed by atoms with Crippen LogP contribution in [0.1, 0.15) is 63.1 Å². The largest absolute Gasteiger partial charge is 0.352 e. The van der Waals surface area contributed by atoms with Gasteiger partial charge < -0.3 is 9.88 Å². The number of hydrogen-bond acceptors (Lipinski definition) is 6. The molecule has 1 saturated carbocycles. The summed E-state index contributed by atoms with van der Waals surface area (Å²) >= 11 is 0. The molecular formula is C32H39N7O4S. The number of carbonyl (C=O) groups is 2. The average molecular weight is 618 g/mol. The second-order valence-corrected chi connectivity index (χ2v) is 13.7. The molecule has 1 unspecified atom stereocenters. The van der Waals surface area contributed by atoms with E-state index in [1.807, 2.05) is 54.2 Å². The first kappa shape index (κ1) is 30.0. The van der Waals surface area contributed by atoms with Crippen molar-refractivity contribution < 1.29 is 18.0 Å². The number of piperidine rings is 1. The number of carbonyl (C=O) groups excluding carboxylic acids is 2. The molecule has 1 atom stereocenters. The van der Waals surface area contributed by atoms with Crippen LogP contribution >= 0.6 is 0 Å². The Kier molecular flexibility index (Phi) is 8.81. The number of nitrogens with zero attached hydrogens (tertiary/aromatic N) is 6. The third-order valence-corrected chi connectivity index (χ3v) is 10.7. The van der Waals surface area contributed by atoms with Crippen LogP contribution < -0.4 is 10.2 Å². The molecule has 1 N–H and O–H groups in total. The highest BCUT2D eigenvalue weighted by Crippen LogP contribution is 2.31. The molecule has 2 fully saturated rings. The van der Waals surface area contributed by atoms with Crippen LogP contribution in [0.4, 0.5) is 5.69 Å². The van der Waals surface area contributed by atoms with Crippen LogP contribution in [-0.4, -0.2) is 63.2 Å². The summed E-state index contributed by atoms with van der Waals surface area (Å²) in [6, 6.07) is 16.4. The fourth-order valence-electron chi connectivity index (χ4n) is 6.38. The number of benzene rings is 2. The quantitative estimate of drug-likeness (QED) is 0.301. The zero-order chi connectivity index (χ0) is 30.7. The maximum atomic E-state index is 14.4. The highest BCUT2D eigenvalue weighted by atomic mass is 32.2. The van der Waals surface area contributed by atoms with Crippen LogP contribution in [0.2, 0.25) is 0 Å². The molecule has 0 radical (unpaired) electrons. The molecule has 2 aromatic carbocycles. The fourth-order valence-corrected chi connectivity index (χ4v) is 7.89. The number of hydrogen-bond donors (Lipinski definition) is 1. The van der Waals surface area contributed by atoms with Gasteiger partial charge in [-0.1, -0.05) is 43.0 Å². The summed E-state index contributed by atoms with van der Waals surface area (Å²) in [4.78, 5) is 30.2. The summed E-state index contributed by atoms with van der Waals surface area (Å²) in [5.74, 6) is -0.655. The number of nitrogens with one attached hydrogen (secondary N) is 1. The van der Waals surface area contributed by atoms with Crippen molar-refractivity contribution >= 4 is 38.6 Å². The summed E-state index contributed by atoms with van der Waals surface area (Å²) in [6.07, 6.45) is 9.59. The van der Waals surface area contributed by atoms with Crippen molar-refractivity contribution in [1.29, 1.82) is 0 Å². The number of aromatic nitrogens is 4. The topological polar surface area (TPSA) is 122 Å². The Bertz CT molecular complexity index is 1720. The maximum absolute atomic E-state index is 14.4. The van der Waals surface area contributed by atoms with E-state index in [1.165, 1.54) is 26.0 Å². The van der Waals surface area contributed by atoms with Crippen LogP contribution in [0, 0.1) is 0 Å². The van der Waals surface area contributed by atoms with Gasteiger partial charge in [-0.25, -0.2) is 13.1 Å². The van der Waals surface area contributed by atoms with Gasteiger partial charge in [0.05, 0.1) is 16.1 Å². The Morgan fingerprint density at radius 1 is 0.932 bits per heavy atom. The first-order valence-electron chi connectivity index (χ1n) is 15.4. The summed E-state index contributed by atoms with van der Waals surface area (Å²) in [7, 11) is -1.83. The molecule has 1 aliphatic carbocycles. The smallest absolute Gasteiger partial charge is 0.249 e. The Hall–Kier alpha value is -4.03. The van der Waals surface area contributed by atoms with Gasteiger partial charge in [0.25, 0.3) is 0 Å². The Labute approximate surface area is 257 Å². The predicted octanol–water partition coefficient (Wildman–Crippen LogP) is 4.17. The van der Waals surface area contributed by atoms with Gasteiger partial charge in [-0.05, 0) is 74.2 Å². The fraction of sp³-hybridized carbons (Fsp3) is 0.438. The van der Waals surface area contributed by atoms with Crippen LogP contribution in [0.15, 0.2) is 71.8 Å². The molecule has 1 aliphatic heterocycles. The molecule has 232 valence electrons. The minimum absolute atomic E-state index is 0.0345. The van der Waals surface area contributed by atoms with E-state index in [-0.39, 0.29) is 29.3 Å². The third-order valence-electron chi connectivity index (χ3n) is 8.76. The summed E-state index contributed by atoms with van der Waals surface area (Å²) in [6.45, 7) is 0.834. The monoisotopic (exact) mass is 617 g/mol. The van der Waals surface area contributed by atoms with E-state index in [9.17, 15) is 18.0 Å². The SMILES string of the molecule is Cn1cccc1C(C(=O)NC1CCCCC1)N(C(=O)Cn1nnc2ccccc21)c1ccc(S(=O)(=O)N2CCCCC2)cc1. The first-order valence-corrected chi connectivity index (χ1v) is 16.9. The predicted molar refractivity (Wildman–Crippen MR) is 167 cm³/mol. The van der Waals surface area contributed by atoms with Crippen LogP contribution in [0.3, 0.4) is 0 Å². The zero-order valence-electron chi connectivity index (χ0n) is 25.0. The normalized spacial score (nSPS) is 17.4. The van der Waals surface area contributed by atoms with Gasteiger partial charge in [-0.15, -0.1) is 5.10 Å². The zero-order valence-corrected chi connectivity index (χ0v) is 25.8. The molecule has 0 spiro atoms. The number of amides is 2. The summed E-state index contributed by atoms with van der Waals surface area (Å²) < 4.78 is 31.7. The lowest BCUT2D eigenvalue weighted by Gasteiger charge is -2.33. The van der Waals surface area contributed by atoms with E-state index in [0.717, 1.165) is 51.4 Å². The molecule has 6 rings (SSSR count). The molecule has 11 nitrogen and oxygen atoms in total. The molecule has 3 heterocycles. The number of fused-ring (bicyclic) bond motifs is 1. The Balaban J connectivity index is 1.39. The van der Waals surface area contributed by atoms with Crippen molar-refractivity contribution in [2.75, 3.05) is 18.0 Å². The molecule has 44 heavy (non-hydrogen) atoms. The van der Waals surface area contributed by atoms with Crippen molar-refractivity contribution in [2.45, 2.75) is 74.9 Å². The molecule has 2 aromatic heterocycles. The number of aryl methyl sites for hydroxylation is 1. The van der Waals surface area contributed by atoms with E-state index < -0.39 is 16.1 Å². The average Bonchev–Trinajstić information content (AvgIpc) is 3.66. The highest BCUT2D eigenvalue weighted by Gasteiger charge is 2.36.